The first-order chi connectivity index (χ1) is 12.5. The molecule has 1 atom stereocenters. The first-order valence-corrected chi connectivity index (χ1v) is 9.37. The van der Waals surface area contributed by atoms with Gasteiger partial charge in [0.2, 0.25) is 11.8 Å². The van der Waals surface area contributed by atoms with Crippen molar-refractivity contribution in [3.8, 4) is 0 Å². The number of anilines is 1. The number of halogens is 1. The quantitative estimate of drug-likeness (QED) is 0.851. The third-order valence-corrected chi connectivity index (χ3v) is 5.18. The summed E-state index contributed by atoms with van der Waals surface area (Å²) in [6, 6.07) is 14.8. The van der Waals surface area contributed by atoms with E-state index >= 15 is 0 Å². The third kappa shape index (κ3) is 3.61. The lowest BCUT2D eigenvalue weighted by molar-refractivity contribution is -0.140. The molecule has 0 aliphatic carbocycles. The Morgan fingerprint density at radius 3 is 2.54 bits per heavy atom. The minimum absolute atomic E-state index is 0.00632. The molecule has 2 amide bonds. The molecule has 2 aromatic rings. The highest BCUT2D eigenvalue weighted by Crippen LogP contribution is 2.38. The second-order valence-electron chi connectivity index (χ2n) is 6.57. The number of carbonyl (C=O) groups is 2. The van der Waals surface area contributed by atoms with Crippen molar-refractivity contribution in [2.45, 2.75) is 32.7 Å². The topological polar surface area (TPSA) is 49.4 Å². The zero-order valence-corrected chi connectivity index (χ0v) is 15.8. The van der Waals surface area contributed by atoms with Crippen molar-refractivity contribution in [3.05, 3.63) is 64.7 Å². The summed E-state index contributed by atoms with van der Waals surface area (Å²) in [5.74, 6) is -0.284. The molecular formula is C21H23ClN2O2. The molecule has 1 heterocycles. The monoisotopic (exact) mass is 370 g/mol. The predicted molar refractivity (Wildman–Crippen MR) is 104 cm³/mol. The summed E-state index contributed by atoms with van der Waals surface area (Å²) in [5.41, 5.74) is 2.51. The molecule has 3 rings (SSSR count). The van der Waals surface area contributed by atoms with Gasteiger partial charge >= 0.3 is 0 Å². The van der Waals surface area contributed by atoms with E-state index in [0.717, 1.165) is 24.0 Å². The van der Waals surface area contributed by atoms with E-state index in [2.05, 4.69) is 5.32 Å². The van der Waals surface area contributed by atoms with Gasteiger partial charge in [-0.2, -0.15) is 0 Å². The van der Waals surface area contributed by atoms with Crippen LogP contribution >= 0.6 is 11.6 Å². The van der Waals surface area contributed by atoms with Crippen molar-refractivity contribution < 1.29 is 9.59 Å². The zero-order valence-electron chi connectivity index (χ0n) is 15.0. The average Bonchev–Trinajstić information content (AvgIpc) is 2.79. The van der Waals surface area contributed by atoms with E-state index in [1.807, 2.05) is 50.2 Å². The van der Waals surface area contributed by atoms with Crippen molar-refractivity contribution in [3.63, 3.8) is 0 Å². The van der Waals surface area contributed by atoms with Gasteiger partial charge in [-0.05, 0) is 36.6 Å². The molecule has 26 heavy (non-hydrogen) atoms. The Morgan fingerprint density at radius 1 is 1.19 bits per heavy atom. The molecule has 1 aliphatic heterocycles. The van der Waals surface area contributed by atoms with Crippen LogP contribution in [0.5, 0.6) is 0 Å². The first-order valence-electron chi connectivity index (χ1n) is 8.99. The van der Waals surface area contributed by atoms with Gasteiger partial charge in [0.25, 0.3) is 0 Å². The van der Waals surface area contributed by atoms with Crippen molar-refractivity contribution in [2.24, 2.45) is 5.92 Å². The number of benzene rings is 2. The Hall–Kier alpha value is -2.33. The van der Waals surface area contributed by atoms with Crippen molar-refractivity contribution in [1.29, 1.82) is 0 Å². The van der Waals surface area contributed by atoms with Gasteiger partial charge in [-0.3, -0.25) is 9.59 Å². The predicted octanol–water partition coefficient (Wildman–Crippen LogP) is 4.65. The Kier molecular flexibility index (Phi) is 5.62. The number of hydrogen-bond acceptors (Lipinski definition) is 2. The number of hydrogen-bond donors (Lipinski definition) is 1. The Bertz CT molecular complexity index is 803. The Balaban J connectivity index is 2.17. The zero-order chi connectivity index (χ0) is 18.7. The van der Waals surface area contributed by atoms with Crippen LogP contribution in [0.15, 0.2) is 48.5 Å². The normalized spacial score (nSPS) is 16.8. The summed E-state index contributed by atoms with van der Waals surface area (Å²) in [6.45, 7) is 4.04. The molecule has 0 bridgehead atoms. The number of nitrogens with one attached hydrogen (secondary N) is 1. The summed E-state index contributed by atoms with van der Waals surface area (Å²) in [6.07, 6.45) is 1.49. The molecule has 136 valence electrons. The van der Waals surface area contributed by atoms with Gasteiger partial charge in [0.05, 0.1) is 6.04 Å². The highest BCUT2D eigenvalue weighted by molar-refractivity contribution is 6.30. The summed E-state index contributed by atoms with van der Waals surface area (Å²) >= 11 is 6.25. The van der Waals surface area contributed by atoms with Crippen LogP contribution in [0.4, 0.5) is 5.69 Å². The number of rotatable bonds is 4. The van der Waals surface area contributed by atoms with Gasteiger partial charge in [-0.25, -0.2) is 0 Å². The smallest absolute Gasteiger partial charge is 0.244 e. The van der Waals surface area contributed by atoms with Gasteiger partial charge < -0.3 is 10.2 Å². The molecule has 0 saturated heterocycles. The lowest BCUT2D eigenvalue weighted by Crippen LogP contribution is -2.42. The van der Waals surface area contributed by atoms with E-state index in [9.17, 15) is 9.59 Å². The van der Waals surface area contributed by atoms with E-state index in [0.29, 0.717) is 10.7 Å². The highest BCUT2D eigenvalue weighted by atomic mass is 35.5. The molecule has 5 heteroatoms. The molecular weight excluding hydrogens is 348 g/mol. The van der Waals surface area contributed by atoms with Crippen molar-refractivity contribution >= 4 is 29.1 Å². The molecule has 0 spiro atoms. The maximum atomic E-state index is 13.3. The molecule has 1 unspecified atom stereocenters. The molecule has 0 aromatic heterocycles. The van der Waals surface area contributed by atoms with Crippen molar-refractivity contribution in [2.75, 3.05) is 11.9 Å². The molecule has 4 nitrogen and oxygen atoms in total. The van der Waals surface area contributed by atoms with E-state index < -0.39 is 0 Å². The number of carbonyl (C=O) groups excluding carboxylic acids is 2. The largest absolute Gasteiger partial charge is 0.324 e. The summed E-state index contributed by atoms with van der Waals surface area (Å²) in [5, 5.41) is 3.50. The second kappa shape index (κ2) is 7.92. The first kappa shape index (κ1) is 18.5. The van der Waals surface area contributed by atoms with Gasteiger partial charge in [0.1, 0.15) is 6.54 Å². The number of fused-ring (bicyclic) bond motifs is 1. The fourth-order valence-electron chi connectivity index (χ4n) is 3.55. The maximum Gasteiger partial charge on any atom is 0.244 e. The molecule has 0 saturated carbocycles. The van der Waals surface area contributed by atoms with Crippen LogP contribution in [0.3, 0.4) is 0 Å². The molecule has 0 radical (unpaired) electrons. The molecule has 2 aromatic carbocycles. The lowest BCUT2D eigenvalue weighted by atomic mass is 9.93. The molecule has 1 aliphatic rings. The van der Waals surface area contributed by atoms with E-state index in [-0.39, 0.29) is 30.3 Å². The Morgan fingerprint density at radius 2 is 1.88 bits per heavy atom. The average molecular weight is 371 g/mol. The van der Waals surface area contributed by atoms with Crippen LogP contribution in [-0.4, -0.2) is 23.3 Å². The highest BCUT2D eigenvalue weighted by Gasteiger charge is 2.35. The van der Waals surface area contributed by atoms with Crippen LogP contribution in [0, 0.1) is 5.92 Å². The summed E-state index contributed by atoms with van der Waals surface area (Å²) in [4.78, 5) is 27.4. The summed E-state index contributed by atoms with van der Waals surface area (Å²) < 4.78 is 0. The number of amides is 2. The van der Waals surface area contributed by atoms with E-state index in [1.165, 1.54) is 0 Å². The fourth-order valence-corrected chi connectivity index (χ4v) is 3.73. The van der Waals surface area contributed by atoms with Crippen LogP contribution < -0.4 is 5.32 Å². The van der Waals surface area contributed by atoms with Crippen LogP contribution in [-0.2, 0) is 9.59 Å². The van der Waals surface area contributed by atoms with Crippen LogP contribution in [0.1, 0.15) is 43.9 Å². The number of nitrogens with zero attached hydrogens (tertiary/aromatic N) is 1. The molecule has 1 N–H and O–H groups in total. The van der Waals surface area contributed by atoms with Gasteiger partial charge in [0, 0.05) is 22.2 Å². The second-order valence-corrected chi connectivity index (χ2v) is 7.01. The third-order valence-electron chi connectivity index (χ3n) is 4.94. The van der Waals surface area contributed by atoms with E-state index in [1.54, 1.807) is 17.0 Å². The fraction of sp³-hybridized carbons (Fsp3) is 0.333. The molecule has 0 fully saturated rings. The lowest BCUT2D eigenvalue weighted by Gasteiger charge is -2.33. The summed E-state index contributed by atoms with van der Waals surface area (Å²) in [7, 11) is 0. The minimum atomic E-state index is -0.350. The SMILES string of the molecule is CCC(CC)C(=O)N1CC(=O)Nc2ccc(Cl)cc2C1c1ccccc1. The van der Waals surface area contributed by atoms with Crippen LogP contribution in [0.2, 0.25) is 5.02 Å². The van der Waals surface area contributed by atoms with E-state index in [4.69, 9.17) is 11.6 Å². The minimum Gasteiger partial charge on any atom is -0.324 e. The van der Waals surface area contributed by atoms with Crippen LogP contribution in [0.25, 0.3) is 0 Å². The van der Waals surface area contributed by atoms with Crippen molar-refractivity contribution in [1.82, 2.24) is 4.90 Å². The standard InChI is InChI=1S/C21H23ClN2O2/c1-3-14(4-2)21(26)24-13-19(25)23-18-11-10-16(22)12-17(18)20(24)15-8-6-5-7-9-15/h5-12,14,20H,3-4,13H2,1-2H3,(H,23,25). The van der Waals surface area contributed by atoms with Gasteiger partial charge in [0.15, 0.2) is 0 Å². The maximum absolute atomic E-state index is 13.3. The van der Waals surface area contributed by atoms with Gasteiger partial charge in [-0.1, -0.05) is 55.8 Å². The Labute approximate surface area is 159 Å². The van der Waals surface area contributed by atoms with Gasteiger partial charge in [-0.15, -0.1) is 0 Å².